The Kier molecular flexibility index (Phi) is 3.93. The maximum Gasteiger partial charge on any atom is 0.203 e. The van der Waals surface area contributed by atoms with E-state index in [4.69, 9.17) is 11.6 Å². The molecule has 0 aliphatic rings. The molecule has 1 N–H and O–H groups in total. The lowest BCUT2D eigenvalue weighted by molar-refractivity contribution is 0.907. The number of aromatic nitrogens is 2. The first-order chi connectivity index (χ1) is 10.2. The molecule has 3 nitrogen and oxygen atoms in total. The fourth-order valence-electron chi connectivity index (χ4n) is 2.27. The van der Waals surface area contributed by atoms with E-state index in [0.29, 0.717) is 0 Å². The van der Waals surface area contributed by atoms with Crippen LogP contribution in [0.15, 0.2) is 60.8 Å². The Bertz CT molecular complexity index is 735. The number of hydrogen-bond acceptors (Lipinski definition) is 2. The third kappa shape index (κ3) is 3.09. The topological polar surface area (TPSA) is 29.9 Å². The van der Waals surface area contributed by atoms with Crippen LogP contribution in [0.25, 0.3) is 11.3 Å². The summed E-state index contributed by atoms with van der Waals surface area (Å²) in [7, 11) is 2.00. The lowest BCUT2D eigenvalue weighted by Crippen LogP contribution is -2.05. The van der Waals surface area contributed by atoms with Gasteiger partial charge in [0, 0.05) is 24.2 Å². The Morgan fingerprint density at radius 3 is 2.67 bits per heavy atom. The highest BCUT2D eigenvalue weighted by Gasteiger charge is 2.08. The van der Waals surface area contributed by atoms with Crippen molar-refractivity contribution in [3.05, 3.63) is 71.4 Å². The molecule has 0 aliphatic carbocycles. The lowest BCUT2D eigenvalue weighted by Gasteiger charge is -2.08. The molecule has 0 unspecified atom stereocenters. The van der Waals surface area contributed by atoms with Gasteiger partial charge in [0.2, 0.25) is 5.95 Å². The zero-order valence-electron chi connectivity index (χ0n) is 11.8. The standard InChI is InChI=1S/C17H16ClN3/c1-21-16(14-8-5-9-15(18)10-14)12-20-17(21)19-11-13-6-3-2-4-7-13/h2-10,12H,11H2,1H3,(H,19,20). The summed E-state index contributed by atoms with van der Waals surface area (Å²) in [5, 5.41) is 4.08. The minimum absolute atomic E-state index is 0.729. The van der Waals surface area contributed by atoms with E-state index in [1.54, 1.807) is 0 Å². The number of anilines is 1. The van der Waals surface area contributed by atoms with Gasteiger partial charge in [-0.05, 0) is 17.7 Å². The number of imidazole rings is 1. The van der Waals surface area contributed by atoms with Gasteiger partial charge in [-0.1, -0.05) is 54.1 Å². The lowest BCUT2D eigenvalue weighted by atomic mass is 10.2. The Morgan fingerprint density at radius 2 is 1.90 bits per heavy atom. The van der Waals surface area contributed by atoms with E-state index in [2.05, 4.69) is 22.4 Å². The largest absolute Gasteiger partial charge is 0.352 e. The van der Waals surface area contributed by atoms with Gasteiger partial charge in [-0.3, -0.25) is 0 Å². The van der Waals surface area contributed by atoms with Gasteiger partial charge in [-0.15, -0.1) is 0 Å². The Morgan fingerprint density at radius 1 is 1.10 bits per heavy atom. The summed E-state index contributed by atoms with van der Waals surface area (Å²) in [6, 6.07) is 18.1. The first-order valence-corrected chi connectivity index (χ1v) is 7.17. The van der Waals surface area contributed by atoms with Gasteiger partial charge in [0.25, 0.3) is 0 Å². The van der Waals surface area contributed by atoms with Crippen LogP contribution < -0.4 is 5.32 Å². The zero-order valence-corrected chi connectivity index (χ0v) is 12.5. The number of nitrogens with one attached hydrogen (secondary N) is 1. The van der Waals surface area contributed by atoms with Crippen molar-refractivity contribution in [2.45, 2.75) is 6.54 Å². The molecular weight excluding hydrogens is 282 g/mol. The average molecular weight is 298 g/mol. The monoisotopic (exact) mass is 297 g/mol. The van der Waals surface area contributed by atoms with E-state index >= 15 is 0 Å². The second-order valence-electron chi connectivity index (χ2n) is 4.88. The van der Waals surface area contributed by atoms with Crippen LogP contribution in [0.3, 0.4) is 0 Å². The van der Waals surface area contributed by atoms with E-state index in [1.807, 2.05) is 60.3 Å². The van der Waals surface area contributed by atoms with Crippen molar-refractivity contribution >= 4 is 17.5 Å². The summed E-state index contributed by atoms with van der Waals surface area (Å²) in [6.45, 7) is 0.751. The molecule has 0 saturated carbocycles. The first kappa shape index (κ1) is 13.7. The number of hydrogen-bond donors (Lipinski definition) is 1. The summed E-state index contributed by atoms with van der Waals surface area (Å²) >= 11 is 6.05. The van der Waals surface area contributed by atoms with E-state index in [-0.39, 0.29) is 0 Å². The molecule has 0 bridgehead atoms. The molecule has 0 amide bonds. The van der Waals surface area contributed by atoms with Gasteiger partial charge in [0.1, 0.15) is 0 Å². The van der Waals surface area contributed by atoms with Crippen molar-refractivity contribution in [1.29, 1.82) is 0 Å². The minimum Gasteiger partial charge on any atom is -0.352 e. The second kappa shape index (κ2) is 6.02. The van der Waals surface area contributed by atoms with Crippen LogP contribution >= 0.6 is 11.6 Å². The van der Waals surface area contributed by atoms with E-state index in [0.717, 1.165) is 28.8 Å². The highest BCUT2D eigenvalue weighted by Crippen LogP contribution is 2.24. The van der Waals surface area contributed by atoms with Crippen molar-refractivity contribution in [2.75, 3.05) is 5.32 Å². The Labute approximate surface area is 129 Å². The minimum atomic E-state index is 0.729. The highest BCUT2D eigenvalue weighted by molar-refractivity contribution is 6.30. The number of benzene rings is 2. The molecule has 0 fully saturated rings. The molecule has 21 heavy (non-hydrogen) atoms. The Hall–Kier alpha value is -2.26. The van der Waals surface area contributed by atoms with Gasteiger partial charge in [0.05, 0.1) is 11.9 Å². The van der Waals surface area contributed by atoms with Crippen molar-refractivity contribution in [3.8, 4) is 11.3 Å². The first-order valence-electron chi connectivity index (χ1n) is 6.79. The molecule has 4 heteroatoms. The van der Waals surface area contributed by atoms with Crippen LogP contribution in [0.1, 0.15) is 5.56 Å². The van der Waals surface area contributed by atoms with Crippen LogP contribution in [0, 0.1) is 0 Å². The smallest absolute Gasteiger partial charge is 0.203 e. The molecule has 0 spiro atoms. The van der Waals surface area contributed by atoms with E-state index in [9.17, 15) is 0 Å². The normalized spacial score (nSPS) is 10.6. The molecule has 0 atom stereocenters. The molecule has 1 heterocycles. The number of rotatable bonds is 4. The van der Waals surface area contributed by atoms with Crippen LogP contribution in [-0.2, 0) is 13.6 Å². The zero-order chi connectivity index (χ0) is 14.7. The third-order valence-electron chi connectivity index (χ3n) is 3.40. The molecule has 0 radical (unpaired) electrons. The van der Waals surface area contributed by atoms with E-state index < -0.39 is 0 Å². The van der Waals surface area contributed by atoms with Gasteiger partial charge >= 0.3 is 0 Å². The van der Waals surface area contributed by atoms with Gasteiger partial charge in [-0.2, -0.15) is 0 Å². The summed E-state index contributed by atoms with van der Waals surface area (Å²) in [5.41, 5.74) is 3.32. The highest BCUT2D eigenvalue weighted by atomic mass is 35.5. The fourth-order valence-corrected chi connectivity index (χ4v) is 2.46. The molecular formula is C17H16ClN3. The average Bonchev–Trinajstić information content (AvgIpc) is 2.87. The SMILES string of the molecule is Cn1c(-c2cccc(Cl)c2)cnc1NCc1ccccc1. The van der Waals surface area contributed by atoms with Gasteiger partial charge in [0.15, 0.2) is 0 Å². The van der Waals surface area contributed by atoms with Crippen LogP contribution in [0.5, 0.6) is 0 Å². The summed E-state index contributed by atoms with van der Waals surface area (Å²) in [4.78, 5) is 4.45. The van der Waals surface area contributed by atoms with Crippen molar-refractivity contribution in [1.82, 2.24) is 9.55 Å². The van der Waals surface area contributed by atoms with Gasteiger partial charge in [-0.25, -0.2) is 4.98 Å². The number of nitrogens with zero attached hydrogens (tertiary/aromatic N) is 2. The molecule has 0 saturated heterocycles. The maximum absolute atomic E-state index is 6.05. The summed E-state index contributed by atoms with van der Waals surface area (Å²) in [6.07, 6.45) is 1.86. The fraction of sp³-hybridized carbons (Fsp3) is 0.118. The van der Waals surface area contributed by atoms with Crippen molar-refractivity contribution in [3.63, 3.8) is 0 Å². The molecule has 0 aliphatic heterocycles. The van der Waals surface area contributed by atoms with Gasteiger partial charge < -0.3 is 9.88 Å². The van der Waals surface area contributed by atoms with Crippen LogP contribution in [-0.4, -0.2) is 9.55 Å². The predicted molar refractivity (Wildman–Crippen MR) is 87.4 cm³/mol. The molecule has 3 rings (SSSR count). The third-order valence-corrected chi connectivity index (χ3v) is 3.64. The number of halogens is 1. The summed E-state index contributed by atoms with van der Waals surface area (Å²) < 4.78 is 2.04. The summed E-state index contributed by atoms with van der Waals surface area (Å²) in [5.74, 6) is 0.842. The predicted octanol–water partition coefficient (Wildman–Crippen LogP) is 4.35. The van der Waals surface area contributed by atoms with Crippen LogP contribution in [0.2, 0.25) is 5.02 Å². The second-order valence-corrected chi connectivity index (χ2v) is 5.31. The van der Waals surface area contributed by atoms with E-state index in [1.165, 1.54) is 5.56 Å². The maximum atomic E-state index is 6.05. The van der Waals surface area contributed by atoms with Crippen molar-refractivity contribution < 1.29 is 0 Å². The Balaban J connectivity index is 1.80. The van der Waals surface area contributed by atoms with Crippen molar-refractivity contribution in [2.24, 2.45) is 7.05 Å². The molecule has 106 valence electrons. The molecule has 3 aromatic rings. The molecule has 1 aromatic heterocycles. The van der Waals surface area contributed by atoms with Crippen LogP contribution in [0.4, 0.5) is 5.95 Å². The quantitative estimate of drug-likeness (QED) is 0.776. The molecule has 2 aromatic carbocycles.